The zero-order valence-corrected chi connectivity index (χ0v) is 17.5. The molecule has 1 unspecified atom stereocenters. The molecule has 7 heteroatoms. The first-order chi connectivity index (χ1) is 12.8. The fourth-order valence-electron chi connectivity index (χ4n) is 3.48. The van der Waals surface area contributed by atoms with Gasteiger partial charge in [0.05, 0.1) is 29.1 Å². The van der Waals surface area contributed by atoms with Crippen LogP contribution in [-0.2, 0) is 13.0 Å². The quantitative estimate of drug-likeness (QED) is 0.474. The van der Waals surface area contributed by atoms with Gasteiger partial charge in [0.1, 0.15) is 20.3 Å². The second-order valence-corrected chi connectivity index (χ2v) is 13.2. The van der Waals surface area contributed by atoms with E-state index >= 15 is 0 Å². The van der Waals surface area contributed by atoms with Gasteiger partial charge in [-0.2, -0.15) is 5.10 Å². The maximum absolute atomic E-state index is 13.9. The Kier molecular flexibility index (Phi) is 4.61. The molecule has 0 bridgehead atoms. The van der Waals surface area contributed by atoms with E-state index in [1.807, 2.05) is 33.6 Å². The van der Waals surface area contributed by atoms with Crippen LogP contribution >= 0.6 is 11.6 Å². The van der Waals surface area contributed by atoms with Gasteiger partial charge in [0, 0.05) is 30.1 Å². The van der Waals surface area contributed by atoms with E-state index in [1.54, 1.807) is 6.33 Å². The molecule has 1 aliphatic rings. The normalized spacial score (nSPS) is 17.6. The Hall–Kier alpha value is -2.10. The summed E-state index contributed by atoms with van der Waals surface area (Å²) < 4.78 is 17.7. The lowest BCUT2D eigenvalue weighted by atomic mass is 10.1. The van der Waals surface area contributed by atoms with Crippen molar-refractivity contribution in [2.24, 2.45) is 0 Å². The molecule has 1 aromatic carbocycles. The van der Waals surface area contributed by atoms with Crippen LogP contribution in [0.1, 0.15) is 23.9 Å². The van der Waals surface area contributed by atoms with Gasteiger partial charge in [-0.05, 0) is 12.1 Å². The molecule has 27 heavy (non-hydrogen) atoms. The fraction of sp³-hybridized carbons (Fsp3) is 0.400. The van der Waals surface area contributed by atoms with Crippen molar-refractivity contribution in [1.29, 1.82) is 0 Å². The maximum atomic E-state index is 13.9. The molecule has 3 heterocycles. The van der Waals surface area contributed by atoms with Crippen molar-refractivity contribution < 1.29 is 4.39 Å². The van der Waals surface area contributed by atoms with E-state index in [2.05, 4.69) is 36.1 Å². The predicted octanol–water partition coefficient (Wildman–Crippen LogP) is 4.64. The molecule has 2 atom stereocenters. The van der Waals surface area contributed by atoms with Crippen LogP contribution in [0.15, 0.2) is 30.7 Å². The third-order valence-corrected chi connectivity index (χ3v) is 5.95. The first kappa shape index (κ1) is 18.3. The molecule has 0 radical (unpaired) electrons. The molecule has 4 rings (SSSR count). The standard InChI is InChI=1S/C20H22ClFN4Si/c1-27(2,3)9-5-8-18(20-19-10-14(22)11-25(19)13-23-20)26-12-15-16(21)6-4-7-17(15)24-26/h4,6-7,12-14,18H,8,10-11H2,1-3H3/t14-,18?/m1/s1. The van der Waals surface area contributed by atoms with Gasteiger partial charge in [-0.3, -0.25) is 4.68 Å². The largest absolute Gasteiger partial charge is 0.331 e. The van der Waals surface area contributed by atoms with Crippen LogP contribution in [-0.4, -0.2) is 33.6 Å². The highest BCUT2D eigenvalue weighted by atomic mass is 35.5. The summed E-state index contributed by atoms with van der Waals surface area (Å²) in [4.78, 5) is 4.60. The van der Waals surface area contributed by atoms with Crippen molar-refractivity contribution in [3.63, 3.8) is 0 Å². The number of hydrogen-bond donors (Lipinski definition) is 0. The molecule has 3 aromatic rings. The first-order valence-corrected chi connectivity index (χ1v) is 13.0. The molecule has 0 N–H and O–H groups in total. The molecule has 0 spiro atoms. The van der Waals surface area contributed by atoms with Crippen molar-refractivity contribution >= 4 is 30.6 Å². The van der Waals surface area contributed by atoms with Crippen LogP contribution in [0, 0.1) is 11.5 Å². The Morgan fingerprint density at radius 2 is 2.19 bits per heavy atom. The Morgan fingerprint density at radius 3 is 2.93 bits per heavy atom. The van der Waals surface area contributed by atoms with Crippen LogP contribution in [0.3, 0.4) is 0 Å². The molecule has 0 fully saturated rings. The Balaban J connectivity index is 1.78. The number of fused-ring (bicyclic) bond motifs is 2. The van der Waals surface area contributed by atoms with E-state index in [1.165, 1.54) is 0 Å². The van der Waals surface area contributed by atoms with Crippen LogP contribution in [0.2, 0.25) is 24.7 Å². The summed E-state index contributed by atoms with van der Waals surface area (Å²) in [7, 11) is -1.48. The van der Waals surface area contributed by atoms with Crippen LogP contribution < -0.4 is 0 Å². The monoisotopic (exact) mass is 400 g/mol. The minimum atomic E-state index is -1.48. The molecule has 2 aromatic heterocycles. The van der Waals surface area contributed by atoms with E-state index in [9.17, 15) is 4.39 Å². The minimum absolute atomic E-state index is 0.154. The summed E-state index contributed by atoms with van der Waals surface area (Å²) in [6.45, 7) is 7.04. The molecule has 0 saturated carbocycles. The number of benzene rings is 1. The summed E-state index contributed by atoms with van der Waals surface area (Å²) in [6, 6.07) is 5.54. The predicted molar refractivity (Wildman–Crippen MR) is 109 cm³/mol. The molecular formula is C20H22ClFN4Si. The number of hydrogen-bond acceptors (Lipinski definition) is 2. The zero-order valence-electron chi connectivity index (χ0n) is 15.7. The number of rotatable bonds is 3. The van der Waals surface area contributed by atoms with E-state index in [0.717, 1.165) is 22.3 Å². The van der Waals surface area contributed by atoms with Crippen molar-refractivity contribution in [2.75, 3.05) is 0 Å². The smallest absolute Gasteiger partial charge is 0.129 e. The molecule has 0 aliphatic carbocycles. The lowest BCUT2D eigenvalue weighted by Gasteiger charge is -2.15. The maximum Gasteiger partial charge on any atom is 0.129 e. The van der Waals surface area contributed by atoms with Crippen molar-refractivity contribution in [3.05, 3.63) is 47.1 Å². The summed E-state index contributed by atoms with van der Waals surface area (Å²) >= 11 is 6.33. The first-order valence-electron chi connectivity index (χ1n) is 9.13. The third kappa shape index (κ3) is 3.67. The molecule has 0 amide bonds. The van der Waals surface area contributed by atoms with Crippen LogP contribution in [0.4, 0.5) is 4.39 Å². The molecule has 140 valence electrons. The van der Waals surface area contributed by atoms with Gasteiger partial charge in [-0.25, -0.2) is 9.37 Å². The molecular weight excluding hydrogens is 379 g/mol. The second-order valence-electron chi connectivity index (χ2n) is 8.08. The van der Waals surface area contributed by atoms with E-state index in [0.29, 0.717) is 24.4 Å². The lowest BCUT2D eigenvalue weighted by Crippen LogP contribution is -2.17. The van der Waals surface area contributed by atoms with Crippen LogP contribution in [0.25, 0.3) is 10.9 Å². The molecule has 0 saturated heterocycles. The summed E-state index contributed by atoms with van der Waals surface area (Å²) in [5.41, 5.74) is 6.07. The number of imidazole rings is 1. The minimum Gasteiger partial charge on any atom is -0.331 e. The van der Waals surface area contributed by atoms with Gasteiger partial charge in [0.15, 0.2) is 0 Å². The zero-order chi connectivity index (χ0) is 19.2. The highest BCUT2D eigenvalue weighted by Gasteiger charge is 2.29. The van der Waals surface area contributed by atoms with Crippen molar-refractivity contribution in [1.82, 2.24) is 19.3 Å². The van der Waals surface area contributed by atoms with Gasteiger partial charge < -0.3 is 4.57 Å². The van der Waals surface area contributed by atoms with Gasteiger partial charge in [0.25, 0.3) is 0 Å². The van der Waals surface area contributed by atoms with Gasteiger partial charge >= 0.3 is 0 Å². The number of alkyl halides is 1. The third-order valence-electron chi connectivity index (χ3n) is 4.70. The summed E-state index contributed by atoms with van der Waals surface area (Å²) in [5, 5.41) is 6.30. The average Bonchev–Trinajstić information content (AvgIpc) is 3.25. The van der Waals surface area contributed by atoms with E-state index in [4.69, 9.17) is 16.7 Å². The SMILES string of the molecule is C[Si](C)(C)C#CCC(c1ncn2c1C[C@@H](F)C2)n1cc2c(Cl)cccc2n1. The Morgan fingerprint density at radius 1 is 1.37 bits per heavy atom. The van der Waals surface area contributed by atoms with E-state index in [-0.39, 0.29) is 6.04 Å². The van der Waals surface area contributed by atoms with Gasteiger partial charge in [0.2, 0.25) is 0 Å². The Bertz CT molecular complexity index is 1050. The molecule has 4 nitrogen and oxygen atoms in total. The fourth-order valence-corrected chi connectivity index (χ4v) is 4.33. The number of halogens is 2. The van der Waals surface area contributed by atoms with Crippen LogP contribution in [0.5, 0.6) is 0 Å². The van der Waals surface area contributed by atoms with Gasteiger partial charge in [-0.1, -0.05) is 37.3 Å². The summed E-state index contributed by atoms with van der Waals surface area (Å²) in [6.07, 6.45) is 3.83. The second kappa shape index (κ2) is 6.81. The highest BCUT2D eigenvalue weighted by Crippen LogP contribution is 2.31. The lowest BCUT2D eigenvalue weighted by molar-refractivity contribution is 0.328. The Labute approximate surface area is 164 Å². The number of aromatic nitrogens is 4. The van der Waals surface area contributed by atoms with Crippen molar-refractivity contribution in [3.8, 4) is 11.5 Å². The molecule has 1 aliphatic heterocycles. The topological polar surface area (TPSA) is 35.6 Å². The van der Waals surface area contributed by atoms with Gasteiger partial charge in [-0.15, -0.1) is 11.5 Å². The summed E-state index contributed by atoms with van der Waals surface area (Å²) in [5.74, 6) is 3.35. The highest BCUT2D eigenvalue weighted by molar-refractivity contribution is 6.83. The number of nitrogens with zero attached hydrogens (tertiary/aromatic N) is 4. The van der Waals surface area contributed by atoms with E-state index < -0.39 is 14.2 Å². The average molecular weight is 401 g/mol. The van der Waals surface area contributed by atoms with Crippen molar-refractivity contribution in [2.45, 2.75) is 51.2 Å².